The maximum absolute atomic E-state index is 13.4. The summed E-state index contributed by atoms with van der Waals surface area (Å²) in [6.07, 6.45) is 0. The molecule has 0 N–H and O–H groups in total. The van der Waals surface area contributed by atoms with Crippen molar-refractivity contribution in [3.05, 3.63) is 58.7 Å². The number of hydrogen-bond donors (Lipinski definition) is 0. The first-order valence-electron chi connectivity index (χ1n) is 9.76. The predicted octanol–water partition coefficient (Wildman–Crippen LogP) is 3.47. The average molecular weight is 385 g/mol. The normalized spacial score (nSPS) is 15.3. The molecule has 0 unspecified atom stereocenters. The Bertz CT molecular complexity index is 880. The van der Waals surface area contributed by atoms with E-state index in [0.29, 0.717) is 44.3 Å². The molecular weight excluding hydrogens is 357 g/mol. The minimum Gasteiger partial charge on any atom is -0.346 e. The molecule has 0 bridgehead atoms. The molecule has 1 aromatic heterocycles. The van der Waals surface area contributed by atoms with Crippen LogP contribution in [0.2, 0.25) is 0 Å². The molecule has 0 saturated carbocycles. The fourth-order valence-corrected chi connectivity index (χ4v) is 4.06. The van der Waals surface area contributed by atoms with E-state index < -0.39 is 5.82 Å². The smallest absolute Gasteiger partial charge is 0.254 e. The molecule has 0 aliphatic carbocycles. The number of Topliss-reactive ketones (excluding diaryl/α,β-unsaturated/α-hetero) is 1. The zero-order chi connectivity index (χ0) is 20.4. The first-order chi connectivity index (χ1) is 13.3. The van der Waals surface area contributed by atoms with Crippen molar-refractivity contribution in [3.63, 3.8) is 0 Å². The van der Waals surface area contributed by atoms with Crippen LogP contribution in [0.25, 0.3) is 0 Å². The van der Waals surface area contributed by atoms with Gasteiger partial charge < -0.3 is 9.47 Å². The Morgan fingerprint density at radius 3 is 2.32 bits per heavy atom. The third-order valence-electron chi connectivity index (χ3n) is 5.40. The summed E-state index contributed by atoms with van der Waals surface area (Å²) in [6, 6.07) is 8.07. The lowest BCUT2D eigenvalue weighted by Crippen LogP contribution is -2.49. The maximum Gasteiger partial charge on any atom is 0.254 e. The van der Waals surface area contributed by atoms with E-state index in [4.69, 9.17) is 0 Å². The molecule has 0 spiro atoms. The molecule has 1 saturated heterocycles. The summed E-state index contributed by atoms with van der Waals surface area (Å²) >= 11 is 0. The van der Waals surface area contributed by atoms with Crippen molar-refractivity contribution in [2.24, 2.45) is 0 Å². The molecule has 1 aromatic carbocycles. The van der Waals surface area contributed by atoms with Gasteiger partial charge in [0.15, 0.2) is 5.78 Å². The van der Waals surface area contributed by atoms with E-state index in [9.17, 15) is 14.0 Å². The van der Waals surface area contributed by atoms with Crippen molar-refractivity contribution in [1.29, 1.82) is 0 Å². The predicted molar refractivity (Wildman–Crippen MR) is 107 cm³/mol. The molecule has 0 radical (unpaired) electrons. The number of carbonyl (C=O) groups excluding carboxylic acids is 2. The second-order valence-corrected chi connectivity index (χ2v) is 7.75. The van der Waals surface area contributed by atoms with Crippen LogP contribution in [0.4, 0.5) is 4.39 Å². The fraction of sp³-hybridized carbons (Fsp3) is 0.455. The Morgan fingerprint density at radius 1 is 1.07 bits per heavy atom. The van der Waals surface area contributed by atoms with Crippen LogP contribution in [0.15, 0.2) is 30.3 Å². The van der Waals surface area contributed by atoms with E-state index in [-0.39, 0.29) is 11.7 Å². The Balaban J connectivity index is 1.59. The third kappa shape index (κ3) is 4.17. The minimum absolute atomic E-state index is 0.116. The van der Waals surface area contributed by atoms with Crippen molar-refractivity contribution in [2.75, 3.05) is 32.7 Å². The SMILES string of the molecule is Cc1cc(C(=O)CN2CCN(C(=O)c3cccc(F)c3)CC2)c(C)n1C(C)C. The number of halogens is 1. The lowest BCUT2D eigenvalue weighted by molar-refractivity contribution is 0.0624. The molecule has 2 heterocycles. The number of ketones is 1. The Morgan fingerprint density at radius 2 is 1.75 bits per heavy atom. The number of amides is 1. The minimum atomic E-state index is -0.408. The molecule has 1 aliphatic heterocycles. The number of hydrogen-bond acceptors (Lipinski definition) is 3. The molecule has 5 nitrogen and oxygen atoms in total. The van der Waals surface area contributed by atoms with Gasteiger partial charge in [-0.3, -0.25) is 14.5 Å². The third-order valence-corrected chi connectivity index (χ3v) is 5.40. The van der Waals surface area contributed by atoms with Gasteiger partial charge in [0, 0.05) is 54.7 Å². The van der Waals surface area contributed by atoms with Crippen molar-refractivity contribution in [3.8, 4) is 0 Å². The van der Waals surface area contributed by atoms with Crippen molar-refractivity contribution < 1.29 is 14.0 Å². The van der Waals surface area contributed by atoms with E-state index in [0.717, 1.165) is 17.0 Å². The quantitative estimate of drug-likeness (QED) is 0.741. The number of piperazine rings is 1. The summed E-state index contributed by atoms with van der Waals surface area (Å²) < 4.78 is 15.5. The average Bonchev–Trinajstić information content (AvgIpc) is 2.96. The second kappa shape index (κ2) is 8.27. The second-order valence-electron chi connectivity index (χ2n) is 7.75. The van der Waals surface area contributed by atoms with Gasteiger partial charge in [0.25, 0.3) is 5.91 Å². The van der Waals surface area contributed by atoms with Gasteiger partial charge in [-0.15, -0.1) is 0 Å². The van der Waals surface area contributed by atoms with Gasteiger partial charge >= 0.3 is 0 Å². The van der Waals surface area contributed by atoms with E-state index in [1.807, 2.05) is 19.9 Å². The molecule has 6 heteroatoms. The van der Waals surface area contributed by atoms with Crippen LogP contribution in [0.5, 0.6) is 0 Å². The van der Waals surface area contributed by atoms with Gasteiger partial charge in [-0.1, -0.05) is 6.07 Å². The molecular formula is C22H28FN3O2. The maximum atomic E-state index is 13.4. The fourth-order valence-electron chi connectivity index (χ4n) is 4.06. The van der Waals surface area contributed by atoms with Crippen molar-refractivity contribution in [2.45, 2.75) is 33.7 Å². The van der Waals surface area contributed by atoms with Gasteiger partial charge in [-0.2, -0.15) is 0 Å². The zero-order valence-corrected chi connectivity index (χ0v) is 17.0. The van der Waals surface area contributed by atoms with Gasteiger partial charge in [-0.05, 0) is 52.0 Å². The van der Waals surface area contributed by atoms with E-state index >= 15 is 0 Å². The molecule has 150 valence electrons. The number of aryl methyl sites for hydroxylation is 1. The van der Waals surface area contributed by atoms with Crippen molar-refractivity contribution >= 4 is 11.7 Å². The Kier molecular flexibility index (Phi) is 5.98. The number of benzene rings is 1. The summed E-state index contributed by atoms with van der Waals surface area (Å²) in [7, 11) is 0. The van der Waals surface area contributed by atoms with Gasteiger partial charge in [0.1, 0.15) is 5.82 Å². The van der Waals surface area contributed by atoms with Crippen LogP contribution in [0.3, 0.4) is 0 Å². The van der Waals surface area contributed by atoms with Crippen LogP contribution in [-0.4, -0.2) is 58.8 Å². The zero-order valence-electron chi connectivity index (χ0n) is 17.0. The molecule has 28 heavy (non-hydrogen) atoms. The molecule has 1 aliphatic rings. The molecule has 3 rings (SSSR count). The molecule has 1 fully saturated rings. The van der Waals surface area contributed by atoms with Gasteiger partial charge in [0.2, 0.25) is 0 Å². The standard InChI is InChI=1S/C22H28FN3O2/c1-15(2)26-16(3)12-20(17(26)4)21(27)14-24-8-10-25(11-9-24)22(28)18-6-5-7-19(23)13-18/h5-7,12-13,15H,8-11,14H2,1-4H3. The first-order valence-corrected chi connectivity index (χ1v) is 9.76. The topological polar surface area (TPSA) is 45.6 Å². The highest BCUT2D eigenvalue weighted by Gasteiger charge is 2.25. The number of rotatable bonds is 5. The van der Waals surface area contributed by atoms with E-state index in [1.165, 1.54) is 12.1 Å². The number of aromatic nitrogens is 1. The summed E-state index contributed by atoms with van der Waals surface area (Å²) in [5, 5.41) is 0. The van der Waals surface area contributed by atoms with E-state index in [2.05, 4.69) is 23.3 Å². The molecule has 1 amide bonds. The lowest BCUT2D eigenvalue weighted by atomic mass is 10.1. The number of carbonyl (C=O) groups is 2. The van der Waals surface area contributed by atoms with Gasteiger partial charge in [-0.25, -0.2) is 4.39 Å². The summed E-state index contributed by atoms with van der Waals surface area (Å²) in [5.74, 6) is -0.454. The summed E-state index contributed by atoms with van der Waals surface area (Å²) in [4.78, 5) is 29.1. The van der Waals surface area contributed by atoms with Crippen LogP contribution in [-0.2, 0) is 0 Å². The highest BCUT2D eigenvalue weighted by Crippen LogP contribution is 2.21. The highest BCUT2D eigenvalue weighted by molar-refractivity contribution is 5.99. The van der Waals surface area contributed by atoms with Crippen LogP contribution < -0.4 is 0 Å². The Hall–Kier alpha value is -2.47. The summed E-state index contributed by atoms with van der Waals surface area (Å²) in [5.41, 5.74) is 3.26. The van der Waals surface area contributed by atoms with Gasteiger partial charge in [0.05, 0.1) is 6.54 Å². The highest BCUT2D eigenvalue weighted by atomic mass is 19.1. The van der Waals surface area contributed by atoms with Crippen LogP contribution in [0, 0.1) is 19.7 Å². The number of nitrogens with zero attached hydrogens (tertiary/aromatic N) is 3. The molecule has 0 atom stereocenters. The van der Waals surface area contributed by atoms with Crippen LogP contribution in [0.1, 0.15) is 52.0 Å². The summed E-state index contributed by atoms with van der Waals surface area (Å²) in [6.45, 7) is 10.9. The monoisotopic (exact) mass is 385 g/mol. The first kappa shape index (κ1) is 20.3. The van der Waals surface area contributed by atoms with E-state index in [1.54, 1.807) is 17.0 Å². The van der Waals surface area contributed by atoms with Crippen LogP contribution >= 0.6 is 0 Å². The largest absolute Gasteiger partial charge is 0.346 e. The molecule has 2 aromatic rings. The van der Waals surface area contributed by atoms with Crippen molar-refractivity contribution in [1.82, 2.24) is 14.4 Å². The Labute approximate surface area is 165 Å². The lowest BCUT2D eigenvalue weighted by Gasteiger charge is -2.34.